The maximum Gasteiger partial charge on any atom is 0.407 e. The van der Waals surface area contributed by atoms with Gasteiger partial charge in [0.2, 0.25) is 0 Å². The van der Waals surface area contributed by atoms with Crippen molar-refractivity contribution >= 4 is 23.4 Å². The molecule has 0 radical (unpaired) electrons. The van der Waals surface area contributed by atoms with E-state index in [1.165, 1.54) is 4.90 Å². The Bertz CT molecular complexity index is 1150. The van der Waals surface area contributed by atoms with Crippen molar-refractivity contribution in [2.45, 2.75) is 19.9 Å². The molecule has 3 aromatic rings. The predicted molar refractivity (Wildman–Crippen MR) is 143 cm³/mol. The Morgan fingerprint density at radius 3 is 2.08 bits per heavy atom. The molecule has 3 aromatic carbocycles. The van der Waals surface area contributed by atoms with Crippen LogP contribution >= 0.6 is 0 Å². The molecule has 1 aliphatic heterocycles. The number of hydrogen-bond donors (Lipinski definition) is 2. The van der Waals surface area contributed by atoms with Gasteiger partial charge >= 0.3 is 6.09 Å². The van der Waals surface area contributed by atoms with Gasteiger partial charge in [-0.3, -0.25) is 9.69 Å². The SMILES string of the molecule is CCN(CC)C(=O)c1ccc(C(c2cccc(Nc3ccccc3)c2)N2CCN(C(=O)O)CC2)cc1. The maximum absolute atomic E-state index is 12.8. The molecule has 2 amide bonds. The number of carbonyl (C=O) groups is 2. The molecule has 1 fully saturated rings. The number of rotatable bonds is 8. The van der Waals surface area contributed by atoms with Crippen LogP contribution in [-0.4, -0.2) is 71.1 Å². The van der Waals surface area contributed by atoms with Crippen LogP contribution in [0.2, 0.25) is 0 Å². The molecule has 0 spiro atoms. The zero-order valence-electron chi connectivity index (χ0n) is 20.9. The molecule has 1 atom stereocenters. The van der Waals surface area contributed by atoms with E-state index in [4.69, 9.17) is 0 Å². The van der Waals surface area contributed by atoms with Crippen molar-refractivity contribution in [1.82, 2.24) is 14.7 Å². The van der Waals surface area contributed by atoms with E-state index in [9.17, 15) is 14.7 Å². The first-order valence-corrected chi connectivity index (χ1v) is 12.5. The van der Waals surface area contributed by atoms with Crippen LogP contribution in [0.4, 0.5) is 16.2 Å². The van der Waals surface area contributed by atoms with Crippen molar-refractivity contribution in [3.05, 3.63) is 95.6 Å². The molecule has 1 heterocycles. The van der Waals surface area contributed by atoms with Gasteiger partial charge in [0.05, 0.1) is 6.04 Å². The molecule has 0 aliphatic carbocycles. The Kier molecular flexibility index (Phi) is 8.23. The standard InChI is InChI=1S/C29H34N4O3/c1-3-31(4-2)28(34)23-15-13-22(14-16-23)27(32-17-19-33(20-18-32)29(35)36)24-9-8-12-26(21-24)30-25-10-6-5-7-11-25/h5-16,21,27,30H,3-4,17-20H2,1-2H3,(H,35,36). The molecule has 7 heteroatoms. The summed E-state index contributed by atoms with van der Waals surface area (Å²) in [5, 5.41) is 12.9. The van der Waals surface area contributed by atoms with Gasteiger partial charge in [0.1, 0.15) is 0 Å². The third-order valence-corrected chi connectivity index (χ3v) is 6.74. The summed E-state index contributed by atoms with van der Waals surface area (Å²) >= 11 is 0. The second kappa shape index (κ2) is 11.7. The highest BCUT2D eigenvalue weighted by molar-refractivity contribution is 5.94. The minimum atomic E-state index is -0.875. The normalized spacial score (nSPS) is 14.8. The summed E-state index contributed by atoms with van der Waals surface area (Å²) in [6.07, 6.45) is -0.875. The average molecular weight is 487 g/mol. The highest BCUT2D eigenvalue weighted by Crippen LogP contribution is 2.32. The van der Waals surface area contributed by atoms with E-state index in [0.29, 0.717) is 44.8 Å². The molecular weight excluding hydrogens is 452 g/mol. The lowest BCUT2D eigenvalue weighted by molar-refractivity contribution is 0.0773. The zero-order chi connectivity index (χ0) is 25.5. The van der Waals surface area contributed by atoms with E-state index in [-0.39, 0.29) is 11.9 Å². The van der Waals surface area contributed by atoms with Gasteiger partial charge in [-0.1, -0.05) is 42.5 Å². The number of benzene rings is 3. The number of amides is 2. The zero-order valence-corrected chi connectivity index (χ0v) is 20.9. The lowest BCUT2D eigenvalue weighted by Crippen LogP contribution is -2.49. The molecule has 0 bridgehead atoms. The first-order chi connectivity index (χ1) is 17.5. The molecule has 1 saturated heterocycles. The number of para-hydroxylation sites is 1. The van der Waals surface area contributed by atoms with Crippen molar-refractivity contribution in [2.24, 2.45) is 0 Å². The Hall–Kier alpha value is -3.84. The summed E-state index contributed by atoms with van der Waals surface area (Å²) in [4.78, 5) is 29.9. The summed E-state index contributed by atoms with van der Waals surface area (Å²) in [5.41, 5.74) is 4.87. The van der Waals surface area contributed by atoms with Crippen LogP contribution in [-0.2, 0) is 0 Å². The predicted octanol–water partition coefficient (Wildman–Crippen LogP) is 5.30. The first-order valence-electron chi connectivity index (χ1n) is 12.5. The molecule has 188 valence electrons. The summed E-state index contributed by atoms with van der Waals surface area (Å²) in [7, 11) is 0. The molecule has 0 saturated carbocycles. The van der Waals surface area contributed by atoms with Crippen LogP contribution in [0.3, 0.4) is 0 Å². The van der Waals surface area contributed by atoms with Gasteiger partial charge in [-0.15, -0.1) is 0 Å². The second-order valence-electron chi connectivity index (χ2n) is 8.92. The van der Waals surface area contributed by atoms with Crippen LogP contribution in [0.1, 0.15) is 41.4 Å². The summed E-state index contributed by atoms with van der Waals surface area (Å²) in [6, 6.07) is 26.2. The highest BCUT2D eigenvalue weighted by atomic mass is 16.4. The Morgan fingerprint density at radius 2 is 1.47 bits per heavy atom. The fraction of sp³-hybridized carbons (Fsp3) is 0.310. The van der Waals surface area contributed by atoms with Crippen molar-refractivity contribution in [1.29, 1.82) is 0 Å². The van der Waals surface area contributed by atoms with Crippen molar-refractivity contribution in [3.8, 4) is 0 Å². The Balaban J connectivity index is 1.64. The minimum absolute atomic E-state index is 0.0345. The number of carbonyl (C=O) groups excluding carboxylic acids is 1. The molecule has 36 heavy (non-hydrogen) atoms. The molecule has 0 aromatic heterocycles. The first kappa shape index (κ1) is 25.3. The number of nitrogens with zero attached hydrogens (tertiary/aromatic N) is 3. The number of hydrogen-bond acceptors (Lipinski definition) is 4. The maximum atomic E-state index is 12.8. The number of carboxylic acid groups (broad SMARTS) is 1. The van der Waals surface area contributed by atoms with E-state index >= 15 is 0 Å². The van der Waals surface area contributed by atoms with Gasteiger partial charge < -0.3 is 20.2 Å². The lowest BCUT2D eigenvalue weighted by Gasteiger charge is -2.39. The van der Waals surface area contributed by atoms with Crippen LogP contribution in [0.25, 0.3) is 0 Å². The van der Waals surface area contributed by atoms with Crippen LogP contribution in [0.5, 0.6) is 0 Å². The fourth-order valence-corrected chi connectivity index (χ4v) is 4.76. The van der Waals surface area contributed by atoms with E-state index in [1.807, 2.05) is 85.5 Å². The van der Waals surface area contributed by atoms with E-state index in [1.54, 1.807) is 0 Å². The molecule has 1 aliphatic rings. The van der Waals surface area contributed by atoms with Crippen LogP contribution < -0.4 is 5.32 Å². The third-order valence-electron chi connectivity index (χ3n) is 6.74. The van der Waals surface area contributed by atoms with Gasteiger partial charge in [0, 0.05) is 56.2 Å². The van der Waals surface area contributed by atoms with E-state index in [0.717, 1.165) is 22.5 Å². The van der Waals surface area contributed by atoms with Crippen molar-refractivity contribution in [2.75, 3.05) is 44.6 Å². The molecule has 1 unspecified atom stereocenters. The van der Waals surface area contributed by atoms with E-state index < -0.39 is 6.09 Å². The third kappa shape index (κ3) is 5.86. The highest BCUT2D eigenvalue weighted by Gasteiger charge is 2.28. The molecule has 7 nitrogen and oxygen atoms in total. The second-order valence-corrected chi connectivity index (χ2v) is 8.92. The Labute approximate surface area is 213 Å². The average Bonchev–Trinajstić information content (AvgIpc) is 2.91. The van der Waals surface area contributed by atoms with Crippen LogP contribution in [0, 0.1) is 0 Å². The molecule has 2 N–H and O–H groups in total. The minimum Gasteiger partial charge on any atom is -0.465 e. The molecule has 4 rings (SSSR count). The molecular formula is C29H34N4O3. The smallest absolute Gasteiger partial charge is 0.407 e. The summed E-state index contributed by atoms with van der Waals surface area (Å²) in [5.74, 6) is 0.0345. The van der Waals surface area contributed by atoms with E-state index in [2.05, 4.69) is 22.3 Å². The van der Waals surface area contributed by atoms with Gasteiger partial charge in [0.25, 0.3) is 5.91 Å². The summed E-state index contributed by atoms with van der Waals surface area (Å²) < 4.78 is 0. The van der Waals surface area contributed by atoms with Crippen LogP contribution in [0.15, 0.2) is 78.9 Å². The number of anilines is 2. The fourth-order valence-electron chi connectivity index (χ4n) is 4.76. The largest absolute Gasteiger partial charge is 0.465 e. The van der Waals surface area contributed by atoms with Gasteiger partial charge in [-0.05, 0) is 61.4 Å². The van der Waals surface area contributed by atoms with Crippen molar-refractivity contribution in [3.63, 3.8) is 0 Å². The van der Waals surface area contributed by atoms with Crippen molar-refractivity contribution < 1.29 is 14.7 Å². The lowest BCUT2D eigenvalue weighted by atomic mass is 9.94. The summed E-state index contributed by atoms with van der Waals surface area (Å²) in [6.45, 7) is 7.52. The number of piperazine rings is 1. The van der Waals surface area contributed by atoms with Gasteiger partial charge in [-0.25, -0.2) is 4.79 Å². The topological polar surface area (TPSA) is 76.1 Å². The van der Waals surface area contributed by atoms with Gasteiger partial charge in [0.15, 0.2) is 0 Å². The Morgan fingerprint density at radius 1 is 0.833 bits per heavy atom. The van der Waals surface area contributed by atoms with Gasteiger partial charge in [-0.2, -0.15) is 0 Å². The quantitative estimate of drug-likeness (QED) is 0.452. The number of nitrogens with one attached hydrogen (secondary N) is 1. The monoisotopic (exact) mass is 486 g/mol.